The Hall–Kier alpha value is -0.280. The van der Waals surface area contributed by atoms with Gasteiger partial charge in [0.05, 0.1) is 12.6 Å². The zero-order valence-corrected chi connectivity index (χ0v) is 8.28. The standard InChI is InChI=1S/C8H18N2O5/c9-5-7(13)6(12)4(15-8(5)14)3-10-1-2-11/h4-8,10-14H,1-3,9H2. The molecule has 1 aliphatic rings. The summed E-state index contributed by atoms with van der Waals surface area (Å²) in [6.07, 6.45) is -4.38. The fourth-order valence-electron chi connectivity index (χ4n) is 1.46. The van der Waals surface area contributed by atoms with Crippen molar-refractivity contribution in [3.05, 3.63) is 0 Å². The van der Waals surface area contributed by atoms with Crippen molar-refractivity contribution in [1.29, 1.82) is 0 Å². The molecule has 0 amide bonds. The Bertz CT molecular complexity index is 194. The van der Waals surface area contributed by atoms with E-state index >= 15 is 0 Å². The van der Waals surface area contributed by atoms with Crippen LogP contribution in [0.4, 0.5) is 0 Å². The van der Waals surface area contributed by atoms with Crippen molar-refractivity contribution in [3.63, 3.8) is 0 Å². The lowest BCUT2D eigenvalue weighted by atomic mass is 9.97. The lowest BCUT2D eigenvalue weighted by Crippen LogP contribution is -2.62. The summed E-state index contributed by atoms with van der Waals surface area (Å²) in [7, 11) is 0. The summed E-state index contributed by atoms with van der Waals surface area (Å²) in [6, 6.07) is -1.01. The SMILES string of the molecule is NC1C(O)OC(CNCCO)C(O)C1O. The average Bonchev–Trinajstić information content (AvgIpc) is 2.23. The predicted molar refractivity (Wildman–Crippen MR) is 50.8 cm³/mol. The van der Waals surface area contributed by atoms with E-state index in [4.69, 9.17) is 15.6 Å². The molecule has 0 aromatic heterocycles. The molecular weight excluding hydrogens is 204 g/mol. The summed E-state index contributed by atoms with van der Waals surface area (Å²) in [6.45, 7) is 0.542. The molecule has 1 heterocycles. The molecule has 0 radical (unpaired) electrons. The Morgan fingerprint density at radius 2 is 1.87 bits per heavy atom. The van der Waals surface area contributed by atoms with Crippen LogP contribution >= 0.6 is 0 Å². The van der Waals surface area contributed by atoms with E-state index in [-0.39, 0.29) is 13.2 Å². The molecule has 90 valence electrons. The number of nitrogens with two attached hydrogens (primary N) is 1. The van der Waals surface area contributed by atoms with Crippen molar-refractivity contribution in [2.45, 2.75) is 30.6 Å². The molecule has 0 aromatic carbocycles. The van der Waals surface area contributed by atoms with E-state index in [0.717, 1.165) is 0 Å². The second-order valence-corrected chi connectivity index (χ2v) is 3.55. The summed E-state index contributed by atoms with van der Waals surface area (Å²) < 4.78 is 5.00. The summed E-state index contributed by atoms with van der Waals surface area (Å²) in [5, 5.41) is 39.6. The molecule has 5 atom stereocenters. The summed E-state index contributed by atoms with van der Waals surface area (Å²) in [5.74, 6) is 0. The second kappa shape index (κ2) is 5.71. The van der Waals surface area contributed by atoms with Gasteiger partial charge in [-0.2, -0.15) is 0 Å². The highest BCUT2D eigenvalue weighted by atomic mass is 16.6. The molecular formula is C8H18N2O5. The van der Waals surface area contributed by atoms with Gasteiger partial charge in [-0.3, -0.25) is 0 Å². The maximum absolute atomic E-state index is 9.56. The molecule has 5 unspecified atom stereocenters. The fraction of sp³-hybridized carbons (Fsp3) is 1.00. The molecule has 7 heteroatoms. The van der Waals surface area contributed by atoms with Crippen LogP contribution in [0.3, 0.4) is 0 Å². The van der Waals surface area contributed by atoms with Crippen molar-refractivity contribution in [1.82, 2.24) is 5.32 Å². The molecule has 0 aliphatic carbocycles. The van der Waals surface area contributed by atoms with Crippen LogP contribution in [0, 0.1) is 0 Å². The number of aliphatic hydroxyl groups excluding tert-OH is 4. The first-order chi connectivity index (χ1) is 7.07. The highest BCUT2D eigenvalue weighted by Crippen LogP contribution is 2.17. The first kappa shape index (κ1) is 12.8. The Labute approximate surface area is 87.5 Å². The van der Waals surface area contributed by atoms with Gasteiger partial charge in [-0.05, 0) is 0 Å². The van der Waals surface area contributed by atoms with Gasteiger partial charge in [0.2, 0.25) is 0 Å². The lowest BCUT2D eigenvalue weighted by Gasteiger charge is -2.39. The number of ether oxygens (including phenoxy) is 1. The third kappa shape index (κ3) is 3.08. The van der Waals surface area contributed by atoms with Crippen LogP contribution in [0.1, 0.15) is 0 Å². The van der Waals surface area contributed by atoms with Gasteiger partial charge in [-0.25, -0.2) is 0 Å². The van der Waals surface area contributed by atoms with Crippen LogP contribution in [0.15, 0.2) is 0 Å². The van der Waals surface area contributed by atoms with Gasteiger partial charge in [0, 0.05) is 13.1 Å². The average molecular weight is 222 g/mol. The highest BCUT2D eigenvalue weighted by Gasteiger charge is 2.41. The van der Waals surface area contributed by atoms with Crippen LogP contribution in [0.25, 0.3) is 0 Å². The maximum atomic E-state index is 9.56. The van der Waals surface area contributed by atoms with Gasteiger partial charge < -0.3 is 36.2 Å². The van der Waals surface area contributed by atoms with Crippen LogP contribution < -0.4 is 11.1 Å². The molecule has 7 N–H and O–H groups in total. The molecule has 0 aromatic rings. The second-order valence-electron chi connectivity index (χ2n) is 3.55. The maximum Gasteiger partial charge on any atom is 0.172 e. The quantitative estimate of drug-likeness (QED) is 0.270. The smallest absolute Gasteiger partial charge is 0.172 e. The molecule has 1 rings (SSSR count). The van der Waals surface area contributed by atoms with Gasteiger partial charge in [0.1, 0.15) is 18.3 Å². The minimum atomic E-state index is -1.29. The largest absolute Gasteiger partial charge is 0.395 e. The van der Waals surface area contributed by atoms with Gasteiger partial charge in [-0.15, -0.1) is 0 Å². The zero-order valence-electron chi connectivity index (χ0n) is 8.28. The van der Waals surface area contributed by atoms with Crippen molar-refractivity contribution in [2.75, 3.05) is 19.7 Å². The topological polar surface area (TPSA) is 128 Å². The molecule has 0 bridgehead atoms. The molecule has 1 saturated heterocycles. The van der Waals surface area contributed by atoms with E-state index < -0.39 is 30.6 Å². The molecule has 7 nitrogen and oxygen atoms in total. The first-order valence-electron chi connectivity index (χ1n) is 4.84. The first-order valence-corrected chi connectivity index (χ1v) is 4.84. The lowest BCUT2D eigenvalue weighted by molar-refractivity contribution is -0.240. The van der Waals surface area contributed by atoms with Crippen molar-refractivity contribution in [3.8, 4) is 0 Å². The predicted octanol–water partition coefficient (Wildman–Crippen LogP) is -3.67. The molecule has 0 saturated carbocycles. The number of hydrogen-bond acceptors (Lipinski definition) is 7. The Morgan fingerprint density at radius 3 is 2.47 bits per heavy atom. The van der Waals surface area contributed by atoms with Gasteiger partial charge >= 0.3 is 0 Å². The van der Waals surface area contributed by atoms with Gasteiger partial charge in [-0.1, -0.05) is 0 Å². The van der Waals surface area contributed by atoms with E-state index in [0.29, 0.717) is 6.54 Å². The van der Waals surface area contributed by atoms with Crippen LogP contribution in [0.2, 0.25) is 0 Å². The van der Waals surface area contributed by atoms with Gasteiger partial charge in [0.15, 0.2) is 6.29 Å². The molecule has 1 aliphatic heterocycles. The van der Waals surface area contributed by atoms with Crippen LogP contribution in [-0.4, -0.2) is 70.8 Å². The molecule has 15 heavy (non-hydrogen) atoms. The van der Waals surface area contributed by atoms with E-state index in [1.54, 1.807) is 0 Å². The minimum absolute atomic E-state index is 0.0343. The Morgan fingerprint density at radius 1 is 1.20 bits per heavy atom. The van der Waals surface area contributed by atoms with E-state index in [9.17, 15) is 15.3 Å². The third-order valence-electron chi connectivity index (χ3n) is 2.40. The number of hydrogen-bond donors (Lipinski definition) is 6. The van der Waals surface area contributed by atoms with Crippen LogP contribution in [0.5, 0.6) is 0 Å². The number of aliphatic hydroxyl groups is 4. The van der Waals surface area contributed by atoms with E-state index in [1.165, 1.54) is 0 Å². The molecule has 1 fully saturated rings. The Kier molecular flexibility index (Phi) is 4.87. The number of nitrogens with one attached hydrogen (secondary N) is 1. The summed E-state index contributed by atoms with van der Waals surface area (Å²) >= 11 is 0. The third-order valence-corrected chi connectivity index (χ3v) is 2.40. The van der Waals surface area contributed by atoms with Gasteiger partial charge in [0.25, 0.3) is 0 Å². The van der Waals surface area contributed by atoms with E-state index in [1.807, 2.05) is 0 Å². The van der Waals surface area contributed by atoms with Crippen LogP contribution in [-0.2, 0) is 4.74 Å². The van der Waals surface area contributed by atoms with E-state index in [2.05, 4.69) is 5.32 Å². The summed E-state index contributed by atoms with van der Waals surface area (Å²) in [4.78, 5) is 0. The fourth-order valence-corrected chi connectivity index (χ4v) is 1.46. The number of rotatable bonds is 4. The zero-order chi connectivity index (χ0) is 11.4. The highest BCUT2D eigenvalue weighted by molar-refractivity contribution is 4.91. The summed E-state index contributed by atoms with van der Waals surface area (Å²) in [5.41, 5.74) is 5.38. The van der Waals surface area contributed by atoms with Crippen molar-refractivity contribution >= 4 is 0 Å². The Balaban J connectivity index is 2.43. The normalized spacial score (nSPS) is 41.8. The minimum Gasteiger partial charge on any atom is -0.395 e. The van der Waals surface area contributed by atoms with Crippen molar-refractivity contribution in [2.24, 2.45) is 5.73 Å². The monoisotopic (exact) mass is 222 g/mol. The molecule has 0 spiro atoms. The van der Waals surface area contributed by atoms with Crippen molar-refractivity contribution < 1.29 is 25.2 Å².